The van der Waals surface area contributed by atoms with Gasteiger partial charge in [-0.25, -0.2) is 4.79 Å². The van der Waals surface area contributed by atoms with Crippen molar-refractivity contribution in [1.82, 2.24) is 0 Å². The molecular formula is C16H10O5S. The summed E-state index contributed by atoms with van der Waals surface area (Å²) in [4.78, 5) is 36.1. The van der Waals surface area contributed by atoms with Gasteiger partial charge in [-0.3, -0.25) is 13.8 Å². The van der Waals surface area contributed by atoms with Crippen molar-refractivity contribution < 1.29 is 23.7 Å². The minimum absolute atomic E-state index is 0.217. The second kappa shape index (κ2) is 5.75. The Morgan fingerprint density at radius 3 is 2.27 bits per heavy atom. The Hall–Kier alpha value is -2.44. The van der Waals surface area contributed by atoms with Gasteiger partial charge >= 0.3 is 5.97 Å². The Kier molecular flexibility index (Phi) is 3.79. The fourth-order valence-electron chi connectivity index (χ4n) is 2.33. The molecule has 22 heavy (non-hydrogen) atoms. The molecule has 0 aliphatic heterocycles. The van der Waals surface area contributed by atoms with Crippen LogP contribution in [-0.4, -0.2) is 29.2 Å². The van der Waals surface area contributed by atoms with Crippen LogP contribution in [0, 0.1) is 0 Å². The summed E-state index contributed by atoms with van der Waals surface area (Å²) in [7, 11) is 0. The standard InChI is InChI=1S/C16H10O5S/c17-13(18)8-21-22-12-7-3-6-11-14(12)16(20)10-5-2-1-4-9(10)15(11)19/h1-7H,8H2,(H,17,18). The van der Waals surface area contributed by atoms with Crippen molar-refractivity contribution in [2.45, 2.75) is 4.90 Å². The maximum absolute atomic E-state index is 12.6. The Labute approximate surface area is 130 Å². The third-order valence-corrected chi connectivity index (χ3v) is 4.00. The van der Waals surface area contributed by atoms with Gasteiger partial charge in [0.2, 0.25) is 0 Å². The van der Waals surface area contributed by atoms with E-state index >= 15 is 0 Å². The van der Waals surface area contributed by atoms with Gasteiger partial charge < -0.3 is 5.11 Å². The Bertz CT molecular complexity index is 797. The molecule has 0 heterocycles. The normalized spacial score (nSPS) is 12.7. The summed E-state index contributed by atoms with van der Waals surface area (Å²) in [5.41, 5.74) is 1.31. The van der Waals surface area contributed by atoms with E-state index in [4.69, 9.17) is 9.29 Å². The van der Waals surface area contributed by atoms with E-state index in [1.165, 1.54) is 0 Å². The van der Waals surface area contributed by atoms with Crippen LogP contribution in [0.1, 0.15) is 31.8 Å². The van der Waals surface area contributed by atoms with Crippen molar-refractivity contribution in [3.63, 3.8) is 0 Å². The number of benzene rings is 2. The number of hydrogen-bond donors (Lipinski definition) is 1. The number of fused-ring (bicyclic) bond motifs is 2. The molecule has 0 aromatic heterocycles. The molecule has 5 nitrogen and oxygen atoms in total. The summed E-state index contributed by atoms with van der Waals surface area (Å²) in [5.74, 6) is -1.58. The van der Waals surface area contributed by atoms with E-state index in [0.29, 0.717) is 21.6 Å². The van der Waals surface area contributed by atoms with Gasteiger partial charge in [0.25, 0.3) is 0 Å². The molecule has 0 saturated heterocycles. The van der Waals surface area contributed by atoms with Crippen molar-refractivity contribution in [2.75, 3.05) is 6.61 Å². The molecule has 0 saturated carbocycles. The Balaban J connectivity index is 2.03. The van der Waals surface area contributed by atoms with E-state index in [1.54, 1.807) is 42.5 Å². The lowest BCUT2D eigenvalue weighted by Crippen LogP contribution is -2.21. The number of ketones is 2. The molecule has 1 aliphatic carbocycles. The Morgan fingerprint density at radius 2 is 1.59 bits per heavy atom. The van der Waals surface area contributed by atoms with Crippen LogP contribution in [0.25, 0.3) is 0 Å². The van der Waals surface area contributed by atoms with Gasteiger partial charge in [-0.05, 0) is 6.07 Å². The first kappa shape index (κ1) is 14.5. The minimum atomic E-state index is -1.11. The summed E-state index contributed by atoms with van der Waals surface area (Å²) < 4.78 is 4.97. The summed E-state index contributed by atoms with van der Waals surface area (Å²) >= 11 is 0.790. The molecule has 3 rings (SSSR count). The zero-order valence-corrected chi connectivity index (χ0v) is 12.1. The third-order valence-electron chi connectivity index (χ3n) is 3.25. The monoisotopic (exact) mass is 314 g/mol. The average Bonchev–Trinajstić information content (AvgIpc) is 2.52. The highest BCUT2D eigenvalue weighted by atomic mass is 32.2. The molecule has 1 N–H and O–H groups in total. The zero-order chi connectivity index (χ0) is 15.7. The lowest BCUT2D eigenvalue weighted by Gasteiger charge is -2.19. The second-order valence-electron chi connectivity index (χ2n) is 4.62. The quantitative estimate of drug-likeness (QED) is 0.745. The molecule has 0 amide bonds. The van der Waals surface area contributed by atoms with Crippen LogP contribution >= 0.6 is 12.0 Å². The fraction of sp³-hybridized carbons (Fsp3) is 0.0625. The van der Waals surface area contributed by atoms with Crippen molar-refractivity contribution in [2.24, 2.45) is 0 Å². The summed E-state index contributed by atoms with van der Waals surface area (Å²) in [6.45, 7) is -0.493. The van der Waals surface area contributed by atoms with Crippen molar-refractivity contribution >= 4 is 29.6 Å². The highest BCUT2D eigenvalue weighted by Crippen LogP contribution is 2.34. The van der Waals surface area contributed by atoms with Crippen molar-refractivity contribution in [3.8, 4) is 0 Å². The summed E-state index contributed by atoms with van der Waals surface area (Å²) in [6.07, 6.45) is 0. The van der Waals surface area contributed by atoms with Crippen LogP contribution in [0.15, 0.2) is 47.4 Å². The maximum atomic E-state index is 12.6. The molecule has 0 unspecified atom stereocenters. The van der Waals surface area contributed by atoms with Crippen LogP contribution in [0.5, 0.6) is 0 Å². The van der Waals surface area contributed by atoms with Gasteiger partial charge in [0.1, 0.15) is 0 Å². The maximum Gasteiger partial charge on any atom is 0.331 e. The summed E-state index contributed by atoms with van der Waals surface area (Å²) in [5, 5.41) is 8.59. The van der Waals surface area contributed by atoms with Crippen molar-refractivity contribution in [3.05, 3.63) is 64.7 Å². The second-order valence-corrected chi connectivity index (χ2v) is 5.46. The van der Waals surface area contributed by atoms with E-state index in [9.17, 15) is 14.4 Å². The predicted octanol–water partition coefficient (Wildman–Crippen LogP) is 2.57. The molecule has 110 valence electrons. The lowest BCUT2D eigenvalue weighted by atomic mass is 9.84. The number of aliphatic carboxylic acids is 1. The van der Waals surface area contributed by atoms with Crippen LogP contribution in [0.2, 0.25) is 0 Å². The number of carbonyl (C=O) groups is 3. The van der Waals surface area contributed by atoms with E-state index in [0.717, 1.165) is 12.0 Å². The van der Waals surface area contributed by atoms with Gasteiger partial charge in [-0.2, -0.15) is 0 Å². The van der Waals surface area contributed by atoms with Gasteiger partial charge in [-0.15, -0.1) is 0 Å². The molecule has 0 fully saturated rings. The number of carbonyl (C=O) groups excluding carboxylic acids is 2. The third kappa shape index (κ3) is 2.43. The predicted molar refractivity (Wildman–Crippen MR) is 79.2 cm³/mol. The van der Waals surface area contributed by atoms with Crippen LogP contribution in [0.4, 0.5) is 0 Å². The molecule has 6 heteroatoms. The van der Waals surface area contributed by atoms with E-state index < -0.39 is 12.6 Å². The average molecular weight is 314 g/mol. The minimum Gasteiger partial charge on any atom is -0.479 e. The van der Waals surface area contributed by atoms with Gasteiger partial charge in [0.05, 0.1) is 0 Å². The summed E-state index contributed by atoms with van der Waals surface area (Å²) in [6, 6.07) is 11.5. The molecule has 0 radical (unpaired) electrons. The zero-order valence-electron chi connectivity index (χ0n) is 11.2. The van der Waals surface area contributed by atoms with E-state index in [2.05, 4.69) is 0 Å². The molecule has 0 spiro atoms. The van der Waals surface area contributed by atoms with Crippen LogP contribution in [0.3, 0.4) is 0 Å². The first-order valence-electron chi connectivity index (χ1n) is 6.42. The topological polar surface area (TPSA) is 80.7 Å². The number of carboxylic acid groups (broad SMARTS) is 1. The van der Waals surface area contributed by atoms with Gasteiger partial charge in [0.15, 0.2) is 18.2 Å². The fourth-order valence-corrected chi connectivity index (χ4v) is 3.03. The van der Waals surface area contributed by atoms with E-state index in [1.807, 2.05) is 0 Å². The number of hydrogen-bond acceptors (Lipinski definition) is 5. The van der Waals surface area contributed by atoms with Crippen LogP contribution in [-0.2, 0) is 8.98 Å². The number of carboxylic acids is 1. The van der Waals surface area contributed by atoms with Gasteiger partial charge in [0, 0.05) is 39.2 Å². The molecule has 0 atom stereocenters. The Morgan fingerprint density at radius 1 is 0.955 bits per heavy atom. The largest absolute Gasteiger partial charge is 0.479 e. The molecule has 2 aromatic rings. The lowest BCUT2D eigenvalue weighted by molar-refractivity contribution is -0.138. The van der Waals surface area contributed by atoms with Crippen molar-refractivity contribution in [1.29, 1.82) is 0 Å². The molecule has 0 bridgehead atoms. The molecule has 2 aromatic carbocycles. The molecule has 1 aliphatic rings. The first-order valence-corrected chi connectivity index (χ1v) is 7.16. The van der Waals surface area contributed by atoms with Gasteiger partial charge in [-0.1, -0.05) is 36.4 Å². The highest BCUT2D eigenvalue weighted by Gasteiger charge is 2.31. The first-order chi connectivity index (χ1) is 10.6. The molecular weight excluding hydrogens is 304 g/mol. The van der Waals surface area contributed by atoms with Crippen LogP contribution < -0.4 is 0 Å². The SMILES string of the molecule is O=C(O)COSc1cccc2c1C(=O)c1ccccc1C2=O. The number of rotatable bonds is 4. The van der Waals surface area contributed by atoms with E-state index in [-0.39, 0.29) is 17.1 Å². The highest BCUT2D eigenvalue weighted by molar-refractivity contribution is 7.94. The smallest absolute Gasteiger partial charge is 0.331 e.